The van der Waals surface area contributed by atoms with Crippen molar-refractivity contribution >= 4 is 33.1 Å². The lowest BCUT2D eigenvalue weighted by Crippen LogP contribution is -3.14. The normalized spacial score (nSPS) is 17.8. The van der Waals surface area contributed by atoms with Gasteiger partial charge >= 0.3 is 0 Å². The highest BCUT2D eigenvalue weighted by molar-refractivity contribution is 7.19. The molecule has 0 aromatic carbocycles. The van der Waals surface area contributed by atoms with Crippen LogP contribution in [0.2, 0.25) is 0 Å². The van der Waals surface area contributed by atoms with Gasteiger partial charge in [0.15, 0.2) is 5.65 Å². The molecule has 136 valence electrons. The molecule has 3 aromatic heterocycles. The number of nitrogens with one attached hydrogen (secondary N) is 2. The van der Waals surface area contributed by atoms with E-state index in [0.717, 1.165) is 61.6 Å². The van der Waals surface area contributed by atoms with E-state index >= 15 is 0 Å². The van der Waals surface area contributed by atoms with Gasteiger partial charge in [0.25, 0.3) is 5.91 Å². The number of hydrogen-bond acceptors (Lipinski definition) is 6. The second-order valence-corrected chi connectivity index (χ2v) is 7.94. The van der Waals surface area contributed by atoms with Gasteiger partial charge in [0, 0.05) is 4.88 Å². The first-order valence-electron chi connectivity index (χ1n) is 9.15. The number of aromatic nitrogens is 4. The monoisotopic (exact) mass is 373 g/mol. The van der Waals surface area contributed by atoms with Crippen LogP contribution >= 0.6 is 11.3 Å². The van der Waals surface area contributed by atoms with Crippen molar-refractivity contribution in [2.45, 2.75) is 19.3 Å². The summed E-state index contributed by atoms with van der Waals surface area (Å²) >= 11 is 1.74. The predicted octanol–water partition coefficient (Wildman–Crippen LogP) is -0.527. The minimum atomic E-state index is -0.221. The Labute approximate surface area is 154 Å². The van der Waals surface area contributed by atoms with Crippen LogP contribution < -0.4 is 10.2 Å². The molecule has 0 bridgehead atoms. The number of quaternary nitrogens is 1. The molecule has 8 nitrogen and oxygen atoms in total. The van der Waals surface area contributed by atoms with Crippen LogP contribution in [0.3, 0.4) is 0 Å². The van der Waals surface area contributed by atoms with Gasteiger partial charge in [-0.3, -0.25) is 4.79 Å². The fraction of sp³-hybridized carbons (Fsp3) is 0.529. The van der Waals surface area contributed by atoms with E-state index in [1.165, 1.54) is 21.8 Å². The summed E-state index contributed by atoms with van der Waals surface area (Å²) in [4.78, 5) is 25.4. The average molecular weight is 373 g/mol. The minimum absolute atomic E-state index is 0.217. The topological polar surface area (TPSA) is 85.8 Å². The van der Waals surface area contributed by atoms with E-state index in [4.69, 9.17) is 4.74 Å². The fourth-order valence-electron chi connectivity index (χ4n) is 3.83. The Kier molecular flexibility index (Phi) is 4.07. The number of morpholine rings is 1. The summed E-state index contributed by atoms with van der Waals surface area (Å²) in [6.45, 7) is 5.10. The summed E-state index contributed by atoms with van der Waals surface area (Å²) < 4.78 is 6.99. The SMILES string of the molecule is O=C(NCC[NH+]1CCOCC1)c1nc2c3c4c(sc3ncn2n1)CCC4. The quantitative estimate of drug-likeness (QED) is 0.642. The molecule has 5 rings (SSSR count). The van der Waals surface area contributed by atoms with E-state index in [2.05, 4.69) is 20.4 Å². The van der Waals surface area contributed by atoms with Crippen LogP contribution in [0.4, 0.5) is 0 Å². The summed E-state index contributed by atoms with van der Waals surface area (Å²) in [5, 5.41) is 8.36. The molecule has 26 heavy (non-hydrogen) atoms. The van der Waals surface area contributed by atoms with E-state index in [9.17, 15) is 4.79 Å². The van der Waals surface area contributed by atoms with Crippen molar-refractivity contribution in [3.63, 3.8) is 0 Å². The van der Waals surface area contributed by atoms with Crippen molar-refractivity contribution < 1.29 is 14.4 Å². The predicted molar refractivity (Wildman–Crippen MR) is 96.9 cm³/mol. The molecule has 4 heterocycles. The molecule has 2 aliphatic rings. The Hall–Kier alpha value is -2.10. The summed E-state index contributed by atoms with van der Waals surface area (Å²) in [7, 11) is 0. The van der Waals surface area contributed by atoms with Crippen molar-refractivity contribution in [2.75, 3.05) is 39.4 Å². The van der Waals surface area contributed by atoms with E-state index in [1.807, 2.05) is 0 Å². The number of carbonyl (C=O) groups is 1. The first kappa shape index (κ1) is 16.1. The first-order valence-corrected chi connectivity index (χ1v) is 9.96. The molecule has 3 aromatic rings. The molecule has 2 N–H and O–H groups in total. The minimum Gasteiger partial charge on any atom is -0.370 e. The number of aryl methyl sites for hydroxylation is 2. The molecule has 1 aliphatic carbocycles. The van der Waals surface area contributed by atoms with Gasteiger partial charge < -0.3 is 15.0 Å². The van der Waals surface area contributed by atoms with Crippen LogP contribution in [-0.2, 0) is 17.6 Å². The van der Waals surface area contributed by atoms with E-state index in [-0.39, 0.29) is 11.7 Å². The maximum absolute atomic E-state index is 12.5. The molecule has 9 heteroatoms. The first-order chi connectivity index (χ1) is 12.8. The maximum atomic E-state index is 12.5. The van der Waals surface area contributed by atoms with Gasteiger partial charge in [0.05, 0.1) is 31.7 Å². The molecule has 0 radical (unpaired) electrons. The van der Waals surface area contributed by atoms with Gasteiger partial charge in [-0.1, -0.05) is 0 Å². The third-order valence-corrected chi connectivity index (χ3v) is 6.41. The number of rotatable bonds is 4. The number of amides is 1. The van der Waals surface area contributed by atoms with E-state index < -0.39 is 0 Å². The summed E-state index contributed by atoms with van der Waals surface area (Å²) in [6, 6.07) is 0. The highest BCUT2D eigenvalue weighted by atomic mass is 32.1. The van der Waals surface area contributed by atoms with Crippen LogP contribution in [-0.4, -0.2) is 64.9 Å². The average Bonchev–Trinajstić information content (AvgIpc) is 3.35. The van der Waals surface area contributed by atoms with Crippen LogP contribution in [0.1, 0.15) is 27.5 Å². The van der Waals surface area contributed by atoms with Gasteiger partial charge in [-0.2, -0.15) is 0 Å². The largest absolute Gasteiger partial charge is 0.370 e. The molecule has 1 fully saturated rings. The van der Waals surface area contributed by atoms with Crippen LogP contribution in [0, 0.1) is 0 Å². The summed E-state index contributed by atoms with van der Waals surface area (Å²) in [5.41, 5.74) is 2.09. The number of hydrogen-bond donors (Lipinski definition) is 2. The van der Waals surface area contributed by atoms with Crippen LogP contribution in [0.5, 0.6) is 0 Å². The zero-order chi connectivity index (χ0) is 17.5. The van der Waals surface area contributed by atoms with Crippen molar-refractivity contribution in [1.29, 1.82) is 0 Å². The molecular formula is C17H21N6O2S+. The highest BCUT2D eigenvalue weighted by Gasteiger charge is 2.23. The van der Waals surface area contributed by atoms with Crippen LogP contribution in [0.25, 0.3) is 15.9 Å². The number of ether oxygens (including phenoxy) is 1. The van der Waals surface area contributed by atoms with Crippen molar-refractivity contribution in [2.24, 2.45) is 0 Å². The number of thiophene rings is 1. The Morgan fingerprint density at radius 3 is 3.12 bits per heavy atom. The molecule has 0 saturated carbocycles. The fourth-order valence-corrected chi connectivity index (χ4v) is 5.05. The molecule has 0 spiro atoms. The Morgan fingerprint density at radius 2 is 2.23 bits per heavy atom. The standard InChI is InChI=1S/C17H20N6O2S/c24-16(18-4-5-22-6-8-25-9-7-22)14-20-15-13-11-2-1-3-12(11)26-17(13)19-10-23(15)21-14/h10H,1-9H2,(H,18,24)/p+1. The number of fused-ring (bicyclic) bond motifs is 5. The van der Waals surface area contributed by atoms with Gasteiger partial charge in [-0.05, 0) is 24.8 Å². The van der Waals surface area contributed by atoms with Crippen LogP contribution in [0.15, 0.2) is 6.33 Å². The molecule has 1 aliphatic heterocycles. The lowest BCUT2D eigenvalue weighted by Gasteiger charge is -2.23. The Balaban J connectivity index is 1.35. The van der Waals surface area contributed by atoms with E-state index in [1.54, 1.807) is 22.2 Å². The zero-order valence-corrected chi connectivity index (χ0v) is 15.3. The third-order valence-electron chi connectivity index (χ3n) is 5.21. The van der Waals surface area contributed by atoms with Crippen molar-refractivity contribution in [3.8, 4) is 0 Å². The van der Waals surface area contributed by atoms with Gasteiger partial charge in [0.1, 0.15) is 24.2 Å². The smallest absolute Gasteiger partial charge is 0.291 e. The zero-order valence-electron chi connectivity index (χ0n) is 14.5. The van der Waals surface area contributed by atoms with E-state index in [0.29, 0.717) is 6.54 Å². The molecular weight excluding hydrogens is 352 g/mol. The molecule has 0 unspecified atom stereocenters. The van der Waals surface area contributed by atoms with Gasteiger partial charge in [-0.15, -0.1) is 16.4 Å². The Morgan fingerprint density at radius 1 is 1.35 bits per heavy atom. The number of nitrogens with zero attached hydrogens (tertiary/aromatic N) is 4. The van der Waals surface area contributed by atoms with Gasteiger partial charge in [0.2, 0.25) is 5.82 Å². The second-order valence-electron chi connectivity index (χ2n) is 6.85. The van der Waals surface area contributed by atoms with Crippen molar-refractivity contribution in [3.05, 3.63) is 22.6 Å². The summed E-state index contributed by atoms with van der Waals surface area (Å²) in [5.74, 6) is -0.00407. The molecule has 1 amide bonds. The van der Waals surface area contributed by atoms with Gasteiger partial charge in [-0.25, -0.2) is 14.5 Å². The lowest BCUT2D eigenvalue weighted by molar-refractivity contribution is -0.906. The third kappa shape index (κ3) is 2.76. The second kappa shape index (κ2) is 6.57. The summed E-state index contributed by atoms with van der Waals surface area (Å²) in [6.07, 6.45) is 5.02. The molecule has 1 saturated heterocycles. The highest BCUT2D eigenvalue weighted by Crippen LogP contribution is 2.37. The maximum Gasteiger partial charge on any atom is 0.291 e. The Bertz CT molecular complexity index is 975. The lowest BCUT2D eigenvalue weighted by atomic mass is 10.2. The molecule has 0 atom stereocenters. The number of carbonyl (C=O) groups excluding carboxylic acids is 1. The van der Waals surface area contributed by atoms with Crippen molar-refractivity contribution in [1.82, 2.24) is 24.9 Å².